The summed E-state index contributed by atoms with van der Waals surface area (Å²) in [7, 11) is 0. The molecule has 0 atom stereocenters. The standard InChI is InChI=1S/C21H22ClNOS/c1-3-16-13-19(14(2)23-21(16)24)20-12-11-18(25-20)6-4-5-15-7-9-17(22)10-8-15/h7-13H,3-6H2,1-2H3,(H,23,24). The first-order valence-corrected chi connectivity index (χ1v) is 9.82. The van der Waals surface area contributed by atoms with E-state index >= 15 is 0 Å². The van der Waals surface area contributed by atoms with Crippen LogP contribution in [-0.2, 0) is 19.3 Å². The second-order valence-corrected chi connectivity index (χ2v) is 7.87. The number of pyridine rings is 1. The summed E-state index contributed by atoms with van der Waals surface area (Å²) in [5, 5.41) is 0.786. The first-order chi connectivity index (χ1) is 12.1. The Hall–Kier alpha value is -1.84. The molecule has 0 spiro atoms. The molecule has 3 aromatic rings. The van der Waals surface area contributed by atoms with Gasteiger partial charge in [0.1, 0.15) is 0 Å². The minimum Gasteiger partial charge on any atom is -0.326 e. The van der Waals surface area contributed by atoms with Gasteiger partial charge in [-0.2, -0.15) is 0 Å². The zero-order valence-electron chi connectivity index (χ0n) is 14.6. The van der Waals surface area contributed by atoms with Gasteiger partial charge in [-0.25, -0.2) is 0 Å². The Morgan fingerprint density at radius 3 is 2.56 bits per heavy atom. The number of benzene rings is 1. The quantitative estimate of drug-likeness (QED) is 0.583. The van der Waals surface area contributed by atoms with Crippen LogP contribution in [0.2, 0.25) is 5.02 Å². The number of thiophene rings is 1. The van der Waals surface area contributed by atoms with Gasteiger partial charge in [0.25, 0.3) is 5.56 Å². The molecule has 2 nitrogen and oxygen atoms in total. The van der Waals surface area contributed by atoms with Crippen LogP contribution in [0.5, 0.6) is 0 Å². The van der Waals surface area contributed by atoms with Crippen LogP contribution in [0, 0.1) is 6.92 Å². The summed E-state index contributed by atoms with van der Waals surface area (Å²) in [6.07, 6.45) is 3.99. The average Bonchev–Trinajstić information content (AvgIpc) is 3.05. The first kappa shape index (κ1) is 18.0. The molecule has 0 unspecified atom stereocenters. The van der Waals surface area contributed by atoms with Crippen molar-refractivity contribution in [2.75, 3.05) is 0 Å². The highest BCUT2D eigenvalue weighted by Crippen LogP contribution is 2.30. The maximum Gasteiger partial charge on any atom is 0.251 e. The van der Waals surface area contributed by atoms with Crippen molar-refractivity contribution in [2.24, 2.45) is 0 Å². The average molecular weight is 372 g/mol. The van der Waals surface area contributed by atoms with Gasteiger partial charge in [0, 0.05) is 31.6 Å². The molecule has 0 radical (unpaired) electrons. The zero-order valence-corrected chi connectivity index (χ0v) is 16.1. The Kier molecular flexibility index (Phi) is 5.77. The summed E-state index contributed by atoms with van der Waals surface area (Å²) < 4.78 is 0. The zero-order chi connectivity index (χ0) is 17.8. The number of aromatic nitrogens is 1. The van der Waals surface area contributed by atoms with Crippen molar-refractivity contribution in [1.82, 2.24) is 4.98 Å². The maximum absolute atomic E-state index is 11.9. The van der Waals surface area contributed by atoms with E-state index in [0.29, 0.717) is 0 Å². The Morgan fingerprint density at radius 1 is 1.08 bits per heavy atom. The van der Waals surface area contributed by atoms with E-state index < -0.39 is 0 Å². The van der Waals surface area contributed by atoms with E-state index in [1.807, 2.05) is 43.4 Å². The topological polar surface area (TPSA) is 32.9 Å². The van der Waals surface area contributed by atoms with E-state index in [2.05, 4.69) is 29.2 Å². The monoisotopic (exact) mass is 371 g/mol. The van der Waals surface area contributed by atoms with Gasteiger partial charge in [-0.3, -0.25) is 4.79 Å². The molecule has 1 aromatic carbocycles. The van der Waals surface area contributed by atoms with Gasteiger partial charge in [0.2, 0.25) is 0 Å². The van der Waals surface area contributed by atoms with Crippen molar-refractivity contribution in [3.8, 4) is 10.4 Å². The number of H-pyrrole nitrogens is 1. The SMILES string of the molecule is CCc1cc(-c2ccc(CCCc3ccc(Cl)cc3)s2)c(C)[nH]c1=O. The van der Waals surface area contributed by atoms with Gasteiger partial charge >= 0.3 is 0 Å². The van der Waals surface area contributed by atoms with Gasteiger partial charge in [0.05, 0.1) is 0 Å². The Bertz CT molecular complexity index is 908. The second kappa shape index (κ2) is 8.03. The lowest BCUT2D eigenvalue weighted by atomic mass is 10.1. The molecule has 0 bridgehead atoms. The number of hydrogen-bond acceptors (Lipinski definition) is 2. The Balaban J connectivity index is 1.68. The minimum absolute atomic E-state index is 0.0310. The van der Waals surface area contributed by atoms with Crippen LogP contribution in [0.4, 0.5) is 0 Å². The summed E-state index contributed by atoms with van der Waals surface area (Å²) in [6, 6.07) is 14.5. The number of aromatic amines is 1. The van der Waals surface area contributed by atoms with Crippen LogP contribution in [0.15, 0.2) is 47.3 Å². The van der Waals surface area contributed by atoms with Crippen LogP contribution in [-0.4, -0.2) is 4.98 Å². The van der Waals surface area contributed by atoms with Gasteiger partial charge in [-0.1, -0.05) is 30.7 Å². The molecule has 0 fully saturated rings. The lowest BCUT2D eigenvalue weighted by molar-refractivity contribution is 0.831. The van der Waals surface area contributed by atoms with E-state index in [9.17, 15) is 4.79 Å². The highest BCUT2D eigenvalue weighted by Gasteiger charge is 2.09. The van der Waals surface area contributed by atoms with Crippen LogP contribution < -0.4 is 5.56 Å². The fraction of sp³-hybridized carbons (Fsp3) is 0.286. The van der Waals surface area contributed by atoms with Crippen molar-refractivity contribution < 1.29 is 0 Å². The molecular weight excluding hydrogens is 350 g/mol. The van der Waals surface area contributed by atoms with E-state index in [1.165, 1.54) is 15.3 Å². The summed E-state index contributed by atoms with van der Waals surface area (Å²) in [5.74, 6) is 0. The molecule has 2 heterocycles. The first-order valence-electron chi connectivity index (χ1n) is 8.63. The molecule has 4 heteroatoms. The molecular formula is C21H22ClNOS. The van der Waals surface area contributed by atoms with E-state index in [1.54, 1.807) is 0 Å². The number of halogens is 1. The normalized spacial score (nSPS) is 11.0. The third-order valence-electron chi connectivity index (χ3n) is 4.43. The molecule has 1 N–H and O–H groups in total. The lowest BCUT2D eigenvalue weighted by Crippen LogP contribution is -2.13. The molecule has 130 valence electrons. The van der Waals surface area contributed by atoms with Gasteiger partial charge < -0.3 is 4.98 Å². The lowest BCUT2D eigenvalue weighted by Gasteiger charge is -2.05. The third-order valence-corrected chi connectivity index (χ3v) is 5.86. The van der Waals surface area contributed by atoms with Crippen molar-refractivity contribution in [1.29, 1.82) is 0 Å². The minimum atomic E-state index is 0.0310. The third kappa shape index (κ3) is 4.42. The summed E-state index contributed by atoms with van der Waals surface area (Å²) in [5.41, 5.74) is 4.29. The smallest absolute Gasteiger partial charge is 0.251 e. The predicted molar refractivity (Wildman–Crippen MR) is 108 cm³/mol. The number of aryl methyl sites for hydroxylation is 4. The van der Waals surface area contributed by atoms with Crippen LogP contribution in [0.1, 0.15) is 35.0 Å². The molecule has 0 aliphatic heterocycles. The number of rotatable bonds is 6. The van der Waals surface area contributed by atoms with E-state index in [-0.39, 0.29) is 5.56 Å². The largest absolute Gasteiger partial charge is 0.326 e. The molecule has 0 saturated carbocycles. The Labute approximate surface area is 157 Å². The molecule has 3 rings (SSSR count). The second-order valence-electron chi connectivity index (χ2n) is 6.26. The Morgan fingerprint density at radius 2 is 1.84 bits per heavy atom. The van der Waals surface area contributed by atoms with Crippen molar-refractivity contribution in [2.45, 2.75) is 39.5 Å². The molecule has 0 amide bonds. The number of nitrogens with one attached hydrogen (secondary N) is 1. The summed E-state index contributed by atoms with van der Waals surface area (Å²) in [6.45, 7) is 3.98. The fourth-order valence-electron chi connectivity index (χ4n) is 2.96. The highest BCUT2D eigenvalue weighted by molar-refractivity contribution is 7.15. The summed E-state index contributed by atoms with van der Waals surface area (Å²) in [4.78, 5) is 17.5. The van der Waals surface area contributed by atoms with Crippen LogP contribution >= 0.6 is 22.9 Å². The van der Waals surface area contributed by atoms with Gasteiger partial charge in [-0.15, -0.1) is 11.3 Å². The molecule has 0 aliphatic carbocycles. The molecule has 0 saturated heterocycles. The predicted octanol–water partition coefficient (Wildman–Crippen LogP) is 5.80. The van der Waals surface area contributed by atoms with Crippen LogP contribution in [0.3, 0.4) is 0 Å². The summed E-state index contributed by atoms with van der Waals surface area (Å²) >= 11 is 7.75. The van der Waals surface area contributed by atoms with Crippen molar-refractivity contribution in [3.63, 3.8) is 0 Å². The molecule has 25 heavy (non-hydrogen) atoms. The van der Waals surface area contributed by atoms with E-state index in [0.717, 1.165) is 47.5 Å². The molecule has 2 aromatic heterocycles. The number of hydrogen-bond donors (Lipinski definition) is 1. The van der Waals surface area contributed by atoms with Crippen molar-refractivity contribution in [3.05, 3.63) is 79.5 Å². The highest BCUT2D eigenvalue weighted by atomic mass is 35.5. The van der Waals surface area contributed by atoms with Crippen molar-refractivity contribution >= 4 is 22.9 Å². The van der Waals surface area contributed by atoms with Crippen LogP contribution in [0.25, 0.3) is 10.4 Å². The fourth-order valence-corrected chi connectivity index (χ4v) is 4.21. The van der Waals surface area contributed by atoms with E-state index in [4.69, 9.17) is 11.6 Å². The van der Waals surface area contributed by atoms with Gasteiger partial charge in [0.15, 0.2) is 0 Å². The van der Waals surface area contributed by atoms with Gasteiger partial charge in [-0.05, 0) is 68.5 Å². The molecule has 0 aliphatic rings. The maximum atomic E-state index is 11.9.